The van der Waals surface area contributed by atoms with Crippen LogP contribution in [0, 0.1) is 0 Å². The van der Waals surface area contributed by atoms with Crippen molar-refractivity contribution in [2.75, 3.05) is 55.9 Å². The van der Waals surface area contributed by atoms with Crippen LogP contribution in [0.25, 0.3) is 33.4 Å². The number of carbonyl (C=O) groups excluding carboxylic acids is 2. The van der Waals surface area contributed by atoms with E-state index in [4.69, 9.17) is 14.7 Å². The van der Waals surface area contributed by atoms with Gasteiger partial charge in [-0.05, 0) is 66.2 Å². The molecule has 3 heterocycles. The molecule has 11 heteroatoms. The lowest BCUT2D eigenvalue weighted by Crippen LogP contribution is -2.37. The number of urea groups is 1. The molecule has 0 spiro atoms. The van der Waals surface area contributed by atoms with E-state index in [1.54, 1.807) is 50.8 Å². The van der Waals surface area contributed by atoms with Gasteiger partial charge in [-0.15, -0.1) is 0 Å². The highest BCUT2D eigenvalue weighted by Gasteiger charge is 2.19. The highest BCUT2D eigenvalue weighted by atomic mass is 16.5. The van der Waals surface area contributed by atoms with E-state index in [1.807, 2.05) is 42.5 Å². The smallest absolute Gasteiger partial charge is 0.323 e. The lowest BCUT2D eigenvalue weighted by molar-refractivity contribution is 0.0827. The van der Waals surface area contributed by atoms with Crippen LogP contribution < -0.4 is 15.5 Å². The Labute approximate surface area is 248 Å². The second-order valence-electron chi connectivity index (χ2n) is 10.3. The minimum Gasteiger partial charge on any atom is -0.378 e. The van der Waals surface area contributed by atoms with Gasteiger partial charge in [-0.1, -0.05) is 6.07 Å². The maximum absolute atomic E-state index is 12.6. The van der Waals surface area contributed by atoms with Gasteiger partial charge in [0.1, 0.15) is 12.1 Å². The molecule has 0 aliphatic carbocycles. The number of amides is 3. The van der Waals surface area contributed by atoms with Crippen molar-refractivity contribution in [2.45, 2.75) is 0 Å². The largest absolute Gasteiger partial charge is 0.378 e. The second-order valence-corrected chi connectivity index (χ2v) is 10.3. The van der Waals surface area contributed by atoms with Crippen LogP contribution in [0.3, 0.4) is 0 Å². The van der Waals surface area contributed by atoms with Crippen molar-refractivity contribution >= 4 is 40.0 Å². The Morgan fingerprint density at radius 3 is 2.07 bits per heavy atom. The average Bonchev–Trinajstić information content (AvgIpc) is 3.05. The van der Waals surface area contributed by atoms with Crippen molar-refractivity contribution in [1.82, 2.24) is 24.8 Å². The fourth-order valence-corrected chi connectivity index (χ4v) is 4.84. The summed E-state index contributed by atoms with van der Waals surface area (Å²) >= 11 is 0. The molecule has 6 rings (SSSR count). The quantitative estimate of drug-likeness (QED) is 0.292. The molecule has 1 fully saturated rings. The highest BCUT2D eigenvalue weighted by Crippen LogP contribution is 2.31. The number of nitrogens with one attached hydrogen (secondary N) is 2. The summed E-state index contributed by atoms with van der Waals surface area (Å²) in [4.78, 5) is 46.7. The minimum absolute atomic E-state index is 0.102. The predicted octanol–water partition coefficient (Wildman–Crippen LogP) is 4.94. The van der Waals surface area contributed by atoms with Gasteiger partial charge in [0, 0.05) is 73.0 Å². The van der Waals surface area contributed by atoms with Crippen molar-refractivity contribution in [3.63, 3.8) is 0 Å². The Morgan fingerprint density at radius 1 is 0.791 bits per heavy atom. The average molecular weight is 575 g/mol. The van der Waals surface area contributed by atoms with Gasteiger partial charge in [0.05, 0.1) is 18.7 Å². The predicted molar refractivity (Wildman–Crippen MR) is 166 cm³/mol. The van der Waals surface area contributed by atoms with E-state index in [-0.39, 0.29) is 5.91 Å². The van der Waals surface area contributed by atoms with E-state index in [1.165, 1.54) is 11.2 Å². The molecule has 1 aliphatic rings. The fourth-order valence-electron chi connectivity index (χ4n) is 4.84. The monoisotopic (exact) mass is 574 g/mol. The second kappa shape index (κ2) is 12.2. The van der Waals surface area contributed by atoms with Crippen LogP contribution in [-0.4, -0.2) is 77.2 Å². The Morgan fingerprint density at radius 2 is 1.42 bits per heavy atom. The summed E-state index contributed by atoms with van der Waals surface area (Å²) in [5, 5.41) is 6.59. The van der Waals surface area contributed by atoms with Crippen molar-refractivity contribution in [1.29, 1.82) is 0 Å². The topological polar surface area (TPSA) is 125 Å². The third-order valence-electron chi connectivity index (χ3n) is 7.08. The number of fused-ring (bicyclic) bond motifs is 1. The molecule has 11 nitrogen and oxygen atoms in total. The van der Waals surface area contributed by atoms with Crippen LogP contribution in [0.2, 0.25) is 0 Å². The summed E-state index contributed by atoms with van der Waals surface area (Å²) in [7, 11) is 3.39. The molecular weight excluding hydrogens is 544 g/mol. The SMILES string of the molecule is CN(C)C(=O)c1ccc(NC(=O)Nc2ccc(-c3nc(N4CCOCC4)c4ccc(-c5cncnc5)cc4n3)cc2)cc1. The molecule has 0 radical (unpaired) electrons. The Kier molecular flexibility index (Phi) is 7.88. The molecule has 3 aromatic carbocycles. The van der Waals surface area contributed by atoms with Gasteiger partial charge in [-0.3, -0.25) is 4.79 Å². The molecule has 1 saturated heterocycles. The van der Waals surface area contributed by atoms with Crippen molar-refractivity contribution in [3.8, 4) is 22.5 Å². The molecule has 2 aromatic heterocycles. The molecule has 0 atom stereocenters. The fraction of sp³-hybridized carbons (Fsp3) is 0.188. The van der Waals surface area contributed by atoms with Crippen LogP contribution in [0.4, 0.5) is 22.0 Å². The van der Waals surface area contributed by atoms with E-state index in [0.717, 1.165) is 46.5 Å². The molecular formula is C32H30N8O3. The van der Waals surface area contributed by atoms with Gasteiger partial charge in [0.25, 0.3) is 5.91 Å². The molecule has 3 amide bonds. The maximum Gasteiger partial charge on any atom is 0.323 e. The van der Waals surface area contributed by atoms with Gasteiger partial charge in [-0.2, -0.15) is 0 Å². The summed E-state index contributed by atoms with van der Waals surface area (Å²) < 4.78 is 5.58. The number of nitrogens with zero attached hydrogens (tertiary/aromatic N) is 6. The third kappa shape index (κ3) is 6.26. The van der Waals surface area contributed by atoms with E-state index in [0.29, 0.717) is 36.0 Å². The standard InChI is InChI=1S/C32H30N8O3/c1-39(2)31(41)22-5-10-26(11-6-22)36-32(42)35-25-8-3-21(4-9-25)29-37-28-17-23(24-18-33-20-34-19-24)7-12-27(28)30(38-29)40-13-15-43-16-14-40/h3-12,17-20H,13-16H2,1-2H3,(H2,35,36,42). The lowest BCUT2D eigenvalue weighted by atomic mass is 10.1. The summed E-state index contributed by atoms with van der Waals surface area (Å²) in [5.74, 6) is 1.34. The lowest BCUT2D eigenvalue weighted by Gasteiger charge is -2.29. The molecule has 0 unspecified atom stereocenters. The zero-order valence-corrected chi connectivity index (χ0v) is 23.8. The zero-order chi connectivity index (χ0) is 29.8. The summed E-state index contributed by atoms with van der Waals surface area (Å²) in [5.41, 5.74) is 5.24. The molecule has 1 aliphatic heterocycles. The first-order chi connectivity index (χ1) is 20.9. The van der Waals surface area contributed by atoms with Gasteiger partial charge >= 0.3 is 6.03 Å². The number of rotatable bonds is 6. The zero-order valence-electron chi connectivity index (χ0n) is 23.8. The summed E-state index contributed by atoms with van der Waals surface area (Å²) in [6, 6.07) is 19.9. The normalized spacial score (nSPS) is 13.0. The number of morpholine rings is 1. The van der Waals surface area contributed by atoms with Crippen molar-refractivity contribution in [3.05, 3.63) is 91.0 Å². The Bertz CT molecular complexity index is 1750. The van der Waals surface area contributed by atoms with Crippen molar-refractivity contribution < 1.29 is 14.3 Å². The molecule has 0 saturated carbocycles. The van der Waals surface area contributed by atoms with Crippen LogP contribution in [0.1, 0.15) is 10.4 Å². The van der Waals surface area contributed by atoms with Crippen molar-refractivity contribution in [2.24, 2.45) is 0 Å². The minimum atomic E-state index is -0.395. The summed E-state index contributed by atoms with van der Waals surface area (Å²) in [6.07, 6.45) is 5.07. The maximum atomic E-state index is 12.6. The molecule has 216 valence electrons. The summed E-state index contributed by atoms with van der Waals surface area (Å²) in [6.45, 7) is 2.76. The number of anilines is 3. The molecule has 2 N–H and O–H groups in total. The first-order valence-corrected chi connectivity index (χ1v) is 13.8. The van der Waals surface area contributed by atoms with E-state index in [2.05, 4.69) is 25.5 Å². The number of benzene rings is 3. The van der Waals surface area contributed by atoms with Crippen LogP contribution >= 0.6 is 0 Å². The Hall–Kier alpha value is -5.42. The Balaban J connectivity index is 1.23. The number of ether oxygens (including phenoxy) is 1. The van der Waals surface area contributed by atoms with Gasteiger partial charge < -0.3 is 25.2 Å². The van der Waals surface area contributed by atoms with Gasteiger partial charge in [-0.25, -0.2) is 24.7 Å². The van der Waals surface area contributed by atoms with Crippen LogP contribution in [0.5, 0.6) is 0 Å². The first kappa shape index (κ1) is 27.7. The number of hydrogen-bond donors (Lipinski definition) is 2. The number of hydrogen-bond acceptors (Lipinski definition) is 8. The number of carbonyl (C=O) groups is 2. The first-order valence-electron chi connectivity index (χ1n) is 13.8. The van der Waals surface area contributed by atoms with Crippen LogP contribution in [-0.2, 0) is 4.74 Å². The van der Waals surface area contributed by atoms with Crippen LogP contribution in [0.15, 0.2) is 85.5 Å². The number of aromatic nitrogens is 4. The van der Waals surface area contributed by atoms with Gasteiger partial charge in [0.2, 0.25) is 0 Å². The molecule has 5 aromatic rings. The molecule has 43 heavy (non-hydrogen) atoms. The van der Waals surface area contributed by atoms with Gasteiger partial charge in [0.15, 0.2) is 5.82 Å². The molecule has 0 bridgehead atoms. The van der Waals surface area contributed by atoms with E-state index < -0.39 is 6.03 Å². The third-order valence-corrected chi connectivity index (χ3v) is 7.08. The van der Waals surface area contributed by atoms with E-state index in [9.17, 15) is 9.59 Å². The highest BCUT2D eigenvalue weighted by molar-refractivity contribution is 6.00. The van der Waals surface area contributed by atoms with E-state index >= 15 is 0 Å².